The number of hydrogen-bond acceptors (Lipinski definition) is 5. The van der Waals surface area contributed by atoms with E-state index in [1.54, 1.807) is 0 Å². The number of rotatable bonds is 1. The molecule has 3 atom stereocenters. The Hall–Kier alpha value is -1.31. The third-order valence-corrected chi connectivity index (χ3v) is 4.35. The predicted octanol–water partition coefficient (Wildman–Crippen LogP) is 2.06. The van der Waals surface area contributed by atoms with Crippen molar-refractivity contribution in [3.05, 3.63) is 28.2 Å². The van der Waals surface area contributed by atoms with Gasteiger partial charge in [0.15, 0.2) is 6.10 Å². The van der Waals surface area contributed by atoms with E-state index in [9.17, 15) is 9.90 Å². The van der Waals surface area contributed by atoms with E-state index in [2.05, 4.69) is 15.9 Å². The molecular weight excluding hydrogens is 342 g/mol. The maximum atomic E-state index is 10.9. The molecule has 0 radical (unpaired) electrons. The number of ether oxygens (including phenoxy) is 3. The molecule has 1 aliphatic carbocycles. The minimum Gasteiger partial charge on any atom is -0.459 e. The number of primary amides is 1. The Bertz CT molecular complexity index is 566. The fourth-order valence-electron chi connectivity index (χ4n) is 2.86. The smallest absolute Gasteiger partial charge is 0.404 e. The van der Waals surface area contributed by atoms with Crippen molar-refractivity contribution in [3.8, 4) is 5.75 Å². The van der Waals surface area contributed by atoms with Crippen LogP contribution < -0.4 is 10.5 Å². The zero-order chi connectivity index (χ0) is 15.0. The molecule has 3 N–H and O–H groups in total. The van der Waals surface area contributed by atoms with E-state index >= 15 is 0 Å². The van der Waals surface area contributed by atoms with Crippen molar-refractivity contribution in [1.82, 2.24) is 0 Å². The number of amides is 1. The maximum absolute atomic E-state index is 10.9. The normalized spacial score (nSPS) is 31.3. The molecule has 1 saturated carbocycles. The molecule has 0 aromatic heterocycles. The van der Waals surface area contributed by atoms with Crippen LogP contribution in [0.25, 0.3) is 0 Å². The van der Waals surface area contributed by atoms with Gasteiger partial charge < -0.3 is 25.1 Å². The lowest BCUT2D eigenvalue weighted by Gasteiger charge is -2.46. The third kappa shape index (κ3) is 2.73. The Morgan fingerprint density at radius 1 is 1.52 bits per heavy atom. The molecule has 7 heteroatoms. The zero-order valence-electron chi connectivity index (χ0n) is 11.3. The van der Waals surface area contributed by atoms with E-state index in [0.29, 0.717) is 31.6 Å². The van der Waals surface area contributed by atoms with E-state index in [0.717, 1.165) is 10.0 Å². The fourth-order valence-corrected chi connectivity index (χ4v) is 3.26. The van der Waals surface area contributed by atoms with Crippen LogP contribution in [0.3, 0.4) is 0 Å². The molecule has 3 rings (SSSR count). The average Bonchev–Trinajstić information content (AvgIpc) is 2.44. The molecule has 1 fully saturated rings. The second kappa shape index (κ2) is 5.47. The summed E-state index contributed by atoms with van der Waals surface area (Å²) in [7, 11) is 0. The maximum Gasteiger partial charge on any atom is 0.404 e. The molecule has 1 amide bonds. The van der Waals surface area contributed by atoms with E-state index in [1.807, 2.05) is 18.2 Å². The van der Waals surface area contributed by atoms with Crippen LogP contribution in [0.2, 0.25) is 0 Å². The van der Waals surface area contributed by atoms with Crippen LogP contribution >= 0.6 is 15.9 Å². The van der Waals surface area contributed by atoms with Crippen LogP contribution in [0.4, 0.5) is 4.79 Å². The minimum atomic E-state index is -1.18. The molecule has 21 heavy (non-hydrogen) atoms. The number of carbonyl (C=O) groups excluding carboxylic acids is 1. The average molecular weight is 358 g/mol. The van der Waals surface area contributed by atoms with Crippen molar-refractivity contribution >= 4 is 22.0 Å². The van der Waals surface area contributed by atoms with Crippen molar-refractivity contribution in [1.29, 1.82) is 0 Å². The monoisotopic (exact) mass is 357 g/mol. The van der Waals surface area contributed by atoms with Crippen LogP contribution in [-0.2, 0) is 16.1 Å². The summed E-state index contributed by atoms with van der Waals surface area (Å²) in [4.78, 5) is 10.9. The fraction of sp³-hybridized carbons (Fsp3) is 0.500. The summed E-state index contributed by atoms with van der Waals surface area (Å²) in [5, 5.41) is 10.5. The van der Waals surface area contributed by atoms with Gasteiger partial charge in [0.05, 0.1) is 6.61 Å². The van der Waals surface area contributed by atoms with Gasteiger partial charge in [-0.05, 0) is 31.0 Å². The first-order valence-electron chi connectivity index (χ1n) is 6.76. The van der Waals surface area contributed by atoms with Gasteiger partial charge in [-0.25, -0.2) is 4.79 Å². The lowest BCUT2D eigenvalue weighted by molar-refractivity contribution is -0.288. The van der Waals surface area contributed by atoms with Crippen LogP contribution in [0.15, 0.2) is 22.7 Å². The van der Waals surface area contributed by atoms with Crippen molar-refractivity contribution in [2.75, 3.05) is 0 Å². The number of hydrogen-bond donors (Lipinski definition) is 2. The summed E-state index contributed by atoms with van der Waals surface area (Å²) >= 11 is 3.39. The number of halogens is 1. The highest BCUT2D eigenvalue weighted by Crippen LogP contribution is 2.41. The Morgan fingerprint density at radius 2 is 2.33 bits per heavy atom. The highest BCUT2D eigenvalue weighted by Gasteiger charge is 2.51. The lowest BCUT2D eigenvalue weighted by atomic mass is 9.87. The highest BCUT2D eigenvalue weighted by atomic mass is 79.9. The van der Waals surface area contributed by atoms with Gasteiger partial charge in [-0.15, -0.1) is 0 Å². The quantitative estimate of drug-likeness (QED) is 0.802. The van der Waals surface area contributed by atoms with E-state index in [4.69, 9.17) is 19.9 Å². The van der Waals surface area contributed by atoms with Crippen LogP contribution in [-0.4, -0.2) is 29.2 Å². The van der Waals surface area contributed by atoms with Crippen molar-refractivity contribution in [2.24, 2.45) is 5.73 Å². The van der Waals surface area contributed by atoms with E-state index in [1.165, 1.54) is 0 Å². The van der Waals surface area contributed by atoms with Gasteiger partial charge in [-0.1, -0.05) is 15.9 Å². The van der Waals surface area contributed by atoms with Gasteiger partial charge in [-0.3, -0.25) is 0 Å². The SMILES string of the molecule is NC(=O)O[C@@H]1CCC[C@]2(OCc3cc(Br)ccc3O2)[C@@H]1O. The molecule has 1 aromatic carbocycles. The molecule has 0 unspecified atom stereocenters. The number of aliphatic hydroxyl groups excluding tert-OH is 1. The summed E-state index contributed by atoms with van der Waals surface area (Å²) in [6.07, 6.45) is -0.922. The largest absolute Gasteiger partial charge is 0.459 e. The molecule has 114 valence electrons. The standard InChI is InChI=1S/C14H16BrNO5/c15-9-3-4-10-8(6-9)7-19-14(21-10)5-1-2-11(12(14)17)20-13(16)18/h3-4,6,11-12,17H,1-2,5,7H2,(H2,16,18)/t11-,12-,14-/m1/s1. The summed E-state index contributed by atoms with van der Waals surface area (Å²) < 4.78 is 17.6. The molecule has 1 aromatic rings. The first kappa shape index (κ1) is 14.6. The highest BCUT2D eigenvalue weighted by molar-refractivity contribution is 9.10. The van der Waals surface area contributed by atoms with Gasteiger partial charge in [0.2, 0.25) is 5.79 Å². The Kier molecular flexibility index (Phi) is 3.81. The van der Waals surface area contributed by atoms with Crippen LogP contribution in [0.5, 0.6) is 5.75 Å². The van der Waals surface area contributed by atoms with Crippen molar-refractivity contribution in [2.45, 2.75) is 43.9 Å². The molecule has 1 aliphatic heterocycles. The number of benzene rings is 1. The summed E-state index contributed by atoms with van der Waals surface area (Å²) in [5.74, 6) is -0.512. The lowest BCUT2D eigenvalue weighted by Crippen LogP contribution is -2.59. The van der Waals surface area contributed by atoms with Crippen molar-refractivity contribution < 1.29 is 24.1 Å². The van der Waals surface area contributed by atoms with Gasteiger partial charge >= 0.3 is 6.09 Å². The summed E-state index contributed by atoms with van der Waals surface area (Å²) in [6.45, 7) is 0.328. The van der Waals surface area contributed by atoms with E-state index in [-0.39, 0.29) is 0 Å². The zero-order valence-corrected chi connectivity index (χ0v) is 12.8. The molecule has 0 saturated heterocycles. The van der Waals surface area contributed by atoms with Crippen LogP contribution in [0.1, 0.15) is 24.8 Å². The number of aliphatic hydroxyl groups is 1. The summed E-state index contributed by atoms with van der Waals surface area (Å²) in [6, 6.07) is 5.61. The predicted molar refractivity (Wildman–Crippen MR) is 76.6 cm³/mol. The molecule has 1 heterocycles. The molecule has 2 aliphatic rings. The molecular formula is C14H16BrNO5. The molecule has 1 spiro atoms. The Balaban J connectivity index is 1.84. The van der Waals surface area contributed by atoms with E-state index < -0.39 is 24.1 Å². The second-order valence-corrected chi connectivity index (χ2v) is 6.18. The topological polar surface area (TPSA) is 91.0 Å². The Morgan fingerprint density at radius 3 is 3.10 bits per heavy atom. The van der Waals surface area contributed by atoms with Gasteiger partial charge in [0.1, 0.15) is 11.9 Å². The van der Waals surface area contributed by atoms with Gasteiger partial charge in [0.25, 0.3) is 0 Å². The molecule has 6 nitrogen and oxygen atoms in total. The van der Waals surface area contributed by atoms with Crippen LogP contribution in [0, 0.1) is 0 Å². The second-order valence-electron chi connectivity index (χ2n) is 5.27. The minimum absolute atomic E-state index is 0.328. The number of fused-ring (bicyclic) bond motifs is 1. The van der Waals surface area contributed by atoms with Crippen molar-refractivity contribution in [3.63, 3.8) is 0 Å². The Labute approximate surface area is 130 Å². The first-order valence-corrected chi connectivity index (χ1v) is 7.55. The van der Waals surface area contributed by atoms with Gasteiger partial charge in [0, 0.05) is 16.5 Å². The van der Waals surface area contributed by atoms with Gasteiger partial charge in [-0.2, -0.15) is 0 Å². The first-order chi connectivity index (χ1) is 10.00. The summed E-state index contributed by atoms with van der Waals surface area (Å²) in [5.41, 5.74) is 5.94. The number of nitrogens with two attached hydrogens (primary N) is 1. The molecule has 0 bridgehead atoms. The number of carbonyl (C=O) groups is 1. The third-order valence-electron chi connectivity index (χ3n) is 3.86.